The van der Waals surface area contributed by atoms with Crippen molar-refractivity contribution in [1.29, 1.82) is 0 Å². The lowest BCUT2D eigenvalue weighted by atomic mass is 9.46. The van der Waals surface area contributed by atoms with E-state index in [4.69, 9.17) is 0 Å². The average Bonchev–Trinajstić information content (AvgIpc) is 2.56. The molecule has 2 heteroatoms. The van der Waals surface area contributed by atoms with Gasteiger partial charge >= 0.3 is 0 Å². The van der Waals surface area contributed by atoms with E-state index < -0.39 is 0 Å². The largest absolute Gasteiger partial charge is 0.300 e. The Morgan fingerprint density at radius 3 is 2.11 bits per heavy atom. The van der Waals surface area contributed by atoms with Gasteiger partial charge in [-0.2, -0.15) is 0 Å². The molecule has 0 heterocycles. The van der Waals surface area contributed by atoms with Crippen LogP contribution < -0.4 is 0 Å². The van der Waals surface area contributed by atoms with E-state index in [2.05, 4.69) is 62.3 Å². The second-order valence-electron chi connectivity index (χ2n) is 11.5. The summed E-state index contributed by atoms with van der Waals surface area (Å²) < 4.78 is 0. The molecular weight excluding hydrogens is 344 g/mol. The molecule has 160 valence electrons. The van der Waals surface area contributed by atoms with Crippen molar-refractivity contribution in [3.05, 3.63) is 11.1 Å². The van der Waals surface area contributed by atoms with Crippen molar-refractivity contribution in [2.24, 2.45) is 39.9 Å². The molecule has 0 aromatic heterocycles. The molecule has 0 bridgehead atoms. The topological polar surface area (TPSA) is 34.1 Å². The predicted octanol–water partition coefficient (Wildman–Crippen LogP) is 7.02. The summed E-state index contributed by atoms with van der Waals surface area (Å²) in [4.78, 5) is 26.6. The first-order chi connectivity index (χ1) is 12.7. The summed E-state index contributed by atoms with van der Waals surface area (Å²) in [6.07, 6.45) is 4.61. The van der Waals surface area contributed by atoms with Crippen molar-refractivity contribution in [3.8, 4) is 0 Å². The smallest absolute Gasteiger partial charge is 0.146 e. The van der Waals surface area contributed by atoms with Crippen molar-refractivity contribution in [2.45, 2.75) is 101 Å². The third kappa shape index (κ3) is 3.65. The first kappa shape index (κ1) is 23.4. The lowest BCUT2D eigenvalue weighted by Gasteiger charge is -2.57. The highest BCUT2D eigenvalue weighted by molar-refractivity contribution is 5.94. The van der Waals surface area contributed by atoms with Crippen LogP contribution in [0.3, 0.4) is 0 Å². The average molecular weight is 389 g/mol. The summed E-state index contributed by atoms with van der Waals surface area (Å²) in [5, 5.41) is 0. The maximum Gasteiger partial charge on any atom is 0.146 e. The van der Waals surface area contributed by atoms with E-state index in [9.17, 15) is 9.59 Å². The van der Waals surface area contributed by atoms with Gasteiger partial charge in [-0.15, -0.1) is 0 Å². The minimum atomic E-state index is -0.334. The zero-order chi connectivity index (χ0) is 21.7. The van der Waals surface area contributed by atoms with Gasteiger partial charge in [0.2, 0.25) is 0 Å². The number of hydrogen-bond donors (Lipinski definition) is 0. The van der Waals surface area contributed by atoms with Crippen LogP contribution in [-0.4, -0.2) is 11.6 Å². The molecule has 0 aromatic carbocycles. The number of Topliss-reactive ketones (excluding diaryl/α,β-unsaturated/α-hetero) is 2. The quantitative estimate of drug-likeness (QED) is 0.487. The number of rotatable bonds is 3. The molecule has 2 nitrogen and oxygen atoms in total. The van der Waals surface area contributed by atoms with Crippen molar-refractivity contribution >= 4 is 11.6 Å². The molecule has 0 amide bonds. The minimum Gasteiger partial charge on any atom is -0.300 e. The fourth-order valence-corrected chi connectivity index (χ4v) is 6.50. The van der Waals surface area contributed by atoms with Gasteiger partial charge in [0.05, 0.1) is 0 Å². The maximum atomic E-state index is 14.3. The van der Waals surface area contributed by atoms with Crippen molar-refractivity contribution in [1.82, 2.24) is 0 Å². The number of ketones is 2. The second-order valence-corrected chi connectivity index (χ2v) is 11.5. The molecule has 2 rings (SSSR count). The fraction of sp³-hybridized carbons (Fsp3) is 0.846. The number of hydrogen-bond acceptors (Lipinski definition) is 2. The van der Waals surface area contributed by atoms with Gasteiger partial charge in [-0.05, 0) is 68.1 Å². The molecule has 0 N–H and O–H groups in total. The number of carbonyl (C=O) groups excluding carboxylic acids is 2. The van der Waals surface area contributed by atoms with Crippen LogP contribution in [-0.2, 0) is 9.59 Å². The summed E-state index contributed by atoms with van der Waals surface area (Å²) >= 11 is 0. The van der Waals surface area contributed by atoms with E-state index in [1.165, 1.54) is 11.1 Å². The third-order valence-electron chi connectivity index (χ3n) is 9.11. The Labute approximate surface area is 173 Å². The van der Waals surface area contributed by atoms with Gasteiger partial charge in [0, 0.05) is 17.8 Å². The predicted molar refractivity (Wildman–Crippen MR) is 118 cm³/mol. The fourth-order valence-electron chi connectivity index (χ4n) is 6.50. The Morgan fingerprint density at radius 1 is 1.04 bits per heavy atom. The van der Waals surface area contributed by atoms with E-state index in [0.717, 1.165) is 25.7 Å². The number of fused-ring (bicyclic) bond motifs is 1. The molecule has 0 saturated heterocycles. The van der Waals surface area contributed by atoms with Crippen molar-refractivity contribution in [2.75, 3.05) is 0 Å². The van der Waals surface area contributed by atoms with Gasteiger partial charge in [-0.3, -0.25) is 9.59 Å². The first-order valence-corrected chi connectivity index (χ1v) is 11.4. The highest BCUT2D eigenvalue weighted by Crippen LogP contribution is 2.61. The van der Waals surface area contributed by atoms with Gasteiger partial charge in [0.15, 0.2) is 0 Å². The molecule has 2 aliphatic carbocycles. The van der Waals surface area contributed by atoms with Gasteiger partial charge in [0.25, 0.3) is 0 Å². The molecular formula is C26H44O2. The van der Waals surface area contributed by atoms with Crippen LogP contribution in [0.4, 0.5) is 0 Å². The molecule has 5 atom stereocenters. The monoisotopic (exact) mass is 388 g/mol. The maximum absolute atomic E-state index is 14.3. The van der Waals surface area contributed by atoms with E-state index in [0.29, 0.717) is 30.0 Å². The SMILES string of the molecule is CC/C(C)=C1/C(CC(C)=O)C(=O)C2(C)C(C)CC(C)CC2CC(C)(C)C1(C)C. The van der Waals surface area contributed by atoms with Gasteiger partial charge in [0.1, 0.15) is 11.6 Å². The minimum absolute atomic E-state index is 0.0667. The molecule has 0 aromatic rings. The van der Waals surface area contributed by atoms with E-state index in [-0.39, 0.29) is 27.9 Å². The summed E-state index contributed by atoms with van der Waals surface area (Å²) in [6.45, 7) is 22.3. The van der Waals surface area contributed by atoms with Crippen LogP contribution in [0.5, 0.6) is 0 Å². The zero-order valence-electron chi connectivity index (χ0n) is 20.2. The highest BCUT2D eigenvalue weighted by atomic mass is 16.1. The van der Waals surface area contributed by atoms with Crippen molar-refractivity contribution < 1.29 is 9.59 Å². The summed E-state index contributed by atoms with van der Waals surface area (Å²) in [6, 6.07) is 0. The van der Waals surface area contributed by atoms with Crippen LogP contribution in [0.2, 0.25) is 0 Å². The van der Waals surface area contributed by atoms with Crippen LogP contribution in [0, 0.1) is 39.9 Å². The summed E-state index contributed by atoms with van der Waals surface area (Å²) in [5.74, 6) is 1.63. The lowest BCUT2D eigenvalue weighted by Crippen LogP contribution is -2.55. The Hall–Kier alpha value is -0.920. The molecule has 2 fully saturated rings. The third-order valence-corrected chi connectivity index (χ3v) is 9.11. The molecule has 0 aliphatic heterocycles. The van der Waals surface area contributed by atoms with Gasteiger partial charge in [-0.1, -0.05) is 66.5 Å². The first-order valence-electron chi connectivity index (χ1n) is 11.4. The highest BCUT2D eigenvalue weighted by Gasteiger charge is 2.58. The molecule has 5 unspecified atom stereocenters. The molecule has 0 radical (unpaired) electrons. The molecule has 2 aliphatic rings. The van der Waals surface area contributed by atoms with Crippen molar-refractivity contribution in [3.63, 3.8) is 0 Å². The zero-order valence-corrected chi connectivity index (χ0v) is 20.2. The Balaban J connectivity index is 2.79. The van der Waals surface area contributed by atoms with Gasteiger partial charge in [-0.25, -0.2) is 0 Å². The summed E-state index contributed by atoms with van der Waals surface area (Å²) in [5.41, 5.74) is 2.17. The Morgan fingerprint density at radius 2 is 1.61 bits per heavy atom. The van der Waals surface area contributed by atoms with E-state index >= 15 is 0 Å². The molecule has 2 saturated carbocycles. The summed E-state index contributed by atoms with van der Waals surface area (Å²) in [7, 11) is 0. The number of carbonyl (C=O) groups is 2. The lowest BCUT2D eigenvalue weighted by molar-refractivity contribution is -0.148. The number of allylic oxidation sites excluding steroid dienone is 2. The van der Waals surface area contributed by atoms with Crippen LogP contribution in [0.25, 0.3) is 0 Å². The van der Waals surface area contributed by atoms with Gasteiger partial charge < -0.3 is 0 Å². The Kier molecular flexibility index (Phi) is 6.45. The molecule has 28 heavy (non-hydrogen) atoms. The van der Waals surface area contributed by atoms with Crippen LogP contribution in [0.15, 0.2) is 11.1 Å². The molecule has 0 spiro atoms. The Bertz CT molecular complexity index is 666. The van der Waals surface area contributed by atoms with E-state index in [1.807, 2.05) is 0 Å². The normalized spacial score (nSPS) is 39.6. The standard InChI is InChI=1S/C26H44O2/c1-11-17(3)22-21(14-19(5)27)23(28)26(10)18(4)12-16(2)13-20(26)15-24(6,7)25(22,8)9/h16,18,20-21H,11-15H2,1-10H3/b22-17-. The second kappa shape index (κ2) is 7.73. The van der Waals surface area contributed by atoms with Crippen LogP contribution >= 0.6 is 0 Å². The van der Waals surface area contributed by atoms with E-state index in [1.54, 1.807) is 6.92 Å². The van der Waals surface area contributed by atoms with Crippen LogP contribution in [0.1, 0.15) is 101 Å².